The molecule has 0 radical (unpaired) electrons. The molecule has 0 aliphatic heterocycles. The first-order valence-corrected chi connectivity index (χ1v) is 6.95. The molecule has 2 aromatic carbocycles. The van der Waals surface area contributed by atoms with Crippen molar-refractivity contribution in [3.63, 3.8) is 0 Å². The molecule has 2 nitrogen and oxygen atoms in total. The molecule has 2 aromatic rings. The highest BCUT2D eigenvalue weighted by Gasteiger charge is 2.13. The normalized spacial score (nSPS) is 11.6. The number of ketones is 1. The molecule has 0 saturated carbocycles. The standard InChI is InChI=1S/C15H17NO.C2H6.H2/c1-3-10(2)15(17)13-5-4-12-9-14(16)7-6-11(12)8-13;1-2;/h4-10H,3,16H2,1-2H3;1-2H3;1H. The molecule has 0 amide bonds. The lowest BCUT2D eigenvalue weighted by Gasteiger charge is -2.08. The number of carbonyl (C=O) groups excluding carboxylic acids is 1. The van der Waals surface area contributed by atoms with E-state index in [1.165, 1.54) is 0 Å². The van der Waals surface area contributed by atoms with Crippen molar-refractivity contribution in [1.29, 1.82) is 0 Å². The molecule has 0 heterocycles. The number of anilines is 1. The van der Waals surface area contributed by atoms with Crippen LogP contribution in [0, 0.1) is 5.92 Å². The van der Waals surface area contributed by atoms with Gasteiger partial charge in [0.25, 0.3) is 0 Å². The minimum absolute atomic E-state index is 0. The third kappa shape index (κ3) is 3.57. The Kier molecular flexibility index (Phi) is 5.56. The summed E-state index contributed by atoms with van der Waals surface area (Å²) in [6.45, 7) is 8.00. The number of nitrogens with two attached hydrogens (primary N) is 1. The SMILES string of the molecule is CC.CCC(C)C(=O)c1ccc2cc(N)ccc2c1.[HH]. The number of hydrogen-bond acceptors (Lipinski definition) is 2. The quantitative estimate of drug-likeness (QED) is 0.627. The zero-order valence-electron chi connectivity index (χ0n) is 12.2. The fourth-order valence-corrected chi connectivity index (χ4v) is 1.89. The van der Waals surface area contributed by atoms with Crippen LogP contribution in [-0.2, 0) is 0 Å². The molecule has 2 N–H and O–H groups in total. The lowest BCUT2D eigenvalue weighted by Crippen LogP contribution is -2.09. The van der Waals surface area contributed by atoms with Crippen molar-refractivity contribution in [2.75, 3.05) is 5.73 Å². The Balaban J connectivity index is 0.00000115. The summed E-state index contributed by atoms with van der Waals surface area (Å²) in [6, 6.07) is 11.5. The number of carbonyl (C=O) groups is 1. The van der Waals surface area contributed by atoms with E-state index in [1.54, 1.807) is 0 Å². The third-order valence-corrected chi connectivity index (χ3v) is 3.21. The molecule has 0 aliphatic carbocycles. The van der Waals surface area contributed by atoms with Crippen LogP contribution in [0.25, 0.3) is 10.8 Å². The van der Waals surface area contributed by atoms with E-state index in [0.717, 1.165) is 28.4 Å². The summed E-state index contributed by atoms with van der Waals surface area (Å²) in [4.78, 5) is 12.1. The lowest BCUT2D eigenvalue weighted by atomic mass is 9.95. The summed E-state index contributed by atoms with van der Waals surface area (Å²) in [5.41, 5.74) is 7.26. The van der Waals surface area contributed by atoms with E-state index in [9.17, 15) is 4.79 Å². The molecule has 1 atom stereocenters. The van der Waals surface area contributed by atoms with Crippen LogP contribution in [0.3, 0.4) is 0 Å². The molecule has 0 aliphatic rings. The van der Waals surface area contributed by atoms with Gasteiger partial charge >= 0.3 is 0 Å². The second-order valence-electron chi connectivity index (χ2n) is 4.49. The Morgan fingerprint density at radius 3 is 2.37 bits per heavy atom. The molecular weight excluding hydrogens is 234 g/mol. The van der Waals surface area contributed by atoms with E-state index in [2.05, 4.69) is 0 Å². The van der Waals surface area contributed by atoms with Gasteiger partial charge in [-0.15, -0.1) is 0 Å². The second kappa shape index (κ2) is 6.93. The van der Waals surface area contributed by atoms with E-state index in [-0.39, 0.29) is 13.1 Å². The van der Waals surface area contributed by atoms with Crippen LogP contribution in [0.5, 0.6) is 0 Å². The van der Waals surface area contributed by atoms with Gasteiger partial charge in [0.05, 0.1) is 0 Å². The van der Waals surface area contributed by atoms with Crippen molar-refractivity contribution in [3.05, 3.63) is 42.0 Å². The molecular formula is C17H25NO. The highest BCUT2D eigenvalue weighted by Crippen LogP contribution is 2.21. The number of rotatable bonds is 3. The number of fused-ring (bicyclic) bond motifs is 1. The van der Waals surface area contributed by atoms with Crippen molar-refractivity contribution in [3.8, 4) is 0 Å². The Morgan fingerprint density at radius 1 is 1.16 bits per heavy atom. The summed E-state index contributed by atoms with van der Waals surface area (Å²) < 4.78 is 0. The maximum atomic E-state index is 12.1. The summed E-state index contributed by atoms with van der Waals surface area (Å²) in [7, 11) is 0. The fourth-order valence-electron chi connectivity index (χ4n) is 1.89. The Bertz CT molecular complexity index is 566. The molecule has 104 valence electrons. The van der Waals surface area contributed by atoms with Gasteiger partial charge in [-0.05, 0) is 35.4 Å². The van der Waals surface area contributed by atoms with Gasteiger partial charge in [0.2, 0.25) is 0 Å². The van der Waals surface area contributed by atoms with Crippen molar-refractivity contribution < 1.29 is 6.22 Å². The first kappa shape index (κ1) is 15.2. The van der Waals surface area contributed by atoms with Crippen LogP contribution in [0.2, 0.25) is 0 Å². The summed E-state index contributed by atoms with van der Waals surface area (Å²) in [5.74, 6) is 0.299. The van der Waals surface area contributed by atoms with E-state index in [1.807, 2.05) is 64.1 Å². The van der Waals surface area contributed by atoms with E-state index in [4.69, 9.17) is 5.73 Å². The monoisotopic (exact) mass is 259 g/mol. The first-order chi connectivity index (χ1) is 9.11. The Hall–Kier alpha value is -1.83. The van der Waals surface area contributed by atoms with Gasteiger partial charge in [-0.1, -0.05) is 45.9 Å². The highest BCUT2D eigenvalue weighted by atomic mass is 16.1. The van der Waals surface area contributed by atoms with Crippen molar-refractivity contribution in [2.24, 2.45) is 5.92 Å². The number of benzene rings is 2. The molecule has 0 fully saturated rings. The van der Waals surface area contributed by atoms with Crippen LogP contribution in [-0.4, -0.2) is 5.78 Å². The maximum Gasteiger partial charge on any atom is 0.165 e. The van der Waals surface area contributed by atoms with Crippen LogP contribution in [0.1, 0.15) is 45.9 Å². The van der Waals surface area contributed by atoms with Crippen LogP contribution in [0.15, 0.2) is 36.4 Å². The molecule has 0 saturated heterocycles. The fraction of sp³-hybridized carbons (Fsp3) is 0.353. The zero-order valence-corrected chi connectivity index (χ0v) is 12.2. The van der Waals surface area contributed by atoms with Gasteiger partial charge < -0.3 is 5.73 Å². The molecule has 1 unspecified atom stereocenters. The molecule has 0 aromatic heterocycles. The van der Waals surface area contributed by atoms with Gasteiger partial charge in [0, 0.05) is 18.6 Å². The van der Waals surface area contributed by atoms with Crippen LogP contribution < -0.4 is 5.73 Å². The van der Waals surface area contributed by atoms with E-state index in [0.29, 0.717) is 0 Å². The second-order valence-corrected chi connectivity index (χ2v) is 4.49. The average molecular weight is 259 g/mol. The molecule has 2 rings (SSSR count). The van der Waals surface area contributed by atoms with Gasteiger partial charge in [0.1, 0.15) is 0 Å². The topological polar surface area (TPSA) is 43.1 Å². The highest BCUT2D eigenvalue weighted by molar-refractivity contribution is 6.01. The summed E-state index contributed by atoms with van der Waals surface area (Å²) in [6.07, 6.45) is 0.874. The zero-order chi connectivity index (χ0) is 14.4. The number of nitrogen functional groups attached to an aromatic ring is 1. The van der Waals surface area contributed by atoms with E-state index >= 15 is 0 Å². The minimum Gasteiger partial charge on any atom is -0.399 e. The van der Waals surface area contributed by atoms with Gasteiger partial charge in [0.15, 0.2) is 5.78 Å². The summed E-state index contributed by atoms with van der Waals surface area (Å²) >= 11 is 0. The minimum atomic E-state index is 0. The molecule has 2 heteroatoms. The van der Waals surface area contributed by atoms with Gasteiger partial charge in [-0.25, -0.2) is 0 Å². The summed E-state index contributed by atoms with van der Waals surface area (Å²) in [5, 5.41) is 2.14. The maximum absolute atomic E-state index is 12.1. The van der Waals surface area contributed by atoms with Crippen molar-refractivity contribution in [2.45, 2.75) is 34.1 Å². The molecule has 19 heavy (non-hydrogen) atoms. The lowest BCUT2D eigenvalue weighted by molar-refractivity contribution is 0.0927. The van der Waals surface area contributed by atoms with E-state index < -0.39 is 0 Å². The predicted molar refractivity (Wildman–Crippen MR) is 85.6 cm³/mol. The molecule has 0 spiro atoms. The first-order valence-electron chi connectivity index (χ1n) is 6.95. The Labute approximate surface area is 117 Å². The smallest absolute Gasteiger partial charge is 0.165 e. The Morgan fingerprint density at radius 2 is 1.74 bits per heavy atom. The van der Waals surface area contributed by atoms with Crippen molar-refractivity contribution in [1.82, 2.24) is 0 Å². The third-order valence-electron chi connectivity index (χ3n) is 3.21. The largest absolute Gasteiger partial charge is 0.399 e. The van der Waals surface area contributed by atoms with Crippen LogP contribution >= 0.6 is 0 Å². The van der Waals surface area contributed by atoms with Crippen LogP contribution in [0.4, 0.5) is 5.69 Å². The average Bonchev–Trinajstić information content (AvgIpc) is 2.47. The van der Waals surface area contributed by atoms with Gasteiger partial charge in [-0.3, -0.25) is 4.79 Å². The van der Waals surface area contributed by atoms with Gasteiger partial charge in [-0.2, -0.15) is 0 Å². The molecule has 0 bridgehead atoms. The van der Waals surface area contributed by atoms with Crippen molar-refractivity contribution >= 4 is 22.2 Å². The number of hydrogen-bond donors (Lipinski definition) is 1. The predicted octanol–water partition coefficient (Wildman–Crippen LogP) is 4.92. The number of Topliss-reactive ketones (excluding diaryl/α,β-unsaturated/α-hetero) is 1.